The number of carbonyl (C=O) groups is 2. The molecule has 3 aromatic rings. The normalized spacial score (nSPS) is 15.8. The van der Waals surface area contributed by atoms with E-state index in [-0.39, 0.29) is 17.9 Å². The molecular formula is C21H28N8O2. The molecule has 10 heteroatoms. The van der Waals surface area contributed by atoms with Crippen molar-refractivity contribution in [3.63, 3.8) is 0 Å². The topological polar surface area (TPSA) is 109 Å². The van der Waals surface area contributed by atoms with E-state index in [0.717, 1.165) is 43.1 Å². The van der Waals surface area contributed by atoms with Crippen molar-refractivity contribution in [2.45, 2.75) is 45.2 Å². The monoisotopic (exact) mass is 424 g/mol. The first-order valence-electron chi connectivity index (χ1n) is 10.5. The maximum Gasteiger partial charge on any atom is 0.254 e. The summed E-state index contributed by atoms with van der Waals surface area (Å²) in [5.41, 5.74) is 1.89. The molecule has 0 bridgehead atoms. The Morgan fingerprint density at radius 1 is 1.29 bits per heavy atom. The van der Waals surface area contributed by atoms with Crippen molar-refractivity contribution in [1.82, 2.24) is 34.8 Å². The van der Waals surface area contributed by atoms with E-state index in [0.29, 0.717) is 12.2 Å². The Balaban J connectivity index is 1.39. The number of anilines is 1. The SMILES string of the molecule is CC(=O)NC(Cc1cccn1C)C(=O)NC1CCN(c2cc(C)nc3ncnn23)CC1. The lowest BCUT2D eigenvalue weighted by Crippen LogP contribution is -2.52. The lowest BCUT2D eigenvalue weighted by molar-refractivity contribution is -0.128. The van der Waals surface area contributed by atoms with Crippen LogP contribution in [0.4, 0.5) is 5.82 Å². The molecule has 164 valence electrons. The number of aryl methyl sites for hydroxylation is 2. The van der Waals surface area contributed by atoms with Gasteiger partial charge in [0.2, 0.25) is 11.8 Å². The second-order valence-corrected chi connectivity index (χ2v) is 8.07. The summed E-state index contributed by atoms with van der Waals surface area (Å²) in [6.07, 6.45) is 5.50. The number of rotatable bonds is 6. The van der Waals surface area contributed by atoms with E-state index in [9.17, 15) is 9.59 Å². The van der Waals surface area contributed by atoms with Gasteiger partial charge in [-0.05, 0) is 31.9 Å². The number of carbonyl (C=O) groups excluding carboxylic acids is 2. The molecule has 4 heterocycles. The van der Waals surface area contributed by atoms with Gasteiger partial charge in [0.1, 0.15) is 18.2 Å². The first-order valence-corrected chi connectivity index (χ1v) is 10.5. The summed E-state index contributed by atoms with van der Waals surface area (Å²) in [7, 11) is 1.93. The summed E-state index contributed by atoms with van der Waals surface area (Å²) in [5, 5.41) is 10.2. The first kappa shape index (κ1) is 20.8. The standard InChI is InChI=1S/C21H28N8O2/c1-14-11-19(29-21(24-14)22-13-23-29)28-9-6-16(7-10-28)26-20(31)18(25-15(2)30)12-17-5-4-8-27(17)3/h4-5,8,11,13,16,18H,6-7,9-10,12H2,1-3H3,(H,25,30)(H,26,31). The number of hydrogen-bond acceptors (Lipinski definition) is 6. The molecule has 31 heavy (non-hydrogen) atoms. The third kappa shape index (κ3) is 4.68. The third-order valence-corrected chi connectivity index (χ3v) is 5.69. The Bertz CT molecular complexity index is 1080. The van der Waals surface area contributed by atoms with Gasteiger partial charge in [-0.15, -0.1) is 0 Å². The third-order valence-electron chi connectivity index (χ3n) is 5.69. The van der Waals surface area contributed by atoms with Crippen LogP contribution in [0.2, 0.25) is 0 Å². The maximum atomic E-state index is 12.9. The zero-order valence-corrected chi connectivity index (χ0v) is 18.1. The lowest BCUT2D eigenvalue weighted by Gasteiger charge is -2.34. The zero-order chi connectivity index (χ0) is 22.0. The molecule has 1 atom stereocenters. The fourth-order valence-electron chi connectivity index (χ4n) is 4.06. The molecule has 0 saturated carbocycles. The molecule has 0 spiro atoms. The van der Waals surface area contributed by atoms with E-state index in [1.807, 2.05) is 42.9 Å². The molecule has 10 nitrogen and oxygen atoms in total. The highest BCUT2D eigenvalue weighted by Gasteiger charge is 2.27. The summed E-state index contributed by atoms with van der Waals surface area (Å²) in [5.74, 6) is 1.19. The molecule has 1 saturated heterocycles. The van der Waals surface area contributed by atoms with Crippen LogP contribution in [0.1, 0.15) is 31.2 Å². The van der Waals surface area contributed by atoms with Gasteiger partial charge in [-0.25, -0.2) is 4.98 Å². The van der Waals surface area contributed by atoms with Crippen molar-refractivity contribution in [2.75, 3.05) is 18.0 Å². The van der Waals surface area contributed by atoms with Crippen LogP contribution < -0.4 is 15.5 Å². The maximum absolute atomic E-state index is 12.9. The Morgan fingerprint density at radius 2 is 2.06 bits per heavy atom. The molecule has 0 radical (unpaired) electrons. The first-order chi connectivity index (χ1) is 14.9. The molecule has 4 rings (SSSR count). The number of hydrogen-bond donors (Lipinski definition) is 2. The van der Waals surface area contributed by atoms with Crippen LogP contribution in [0.25, 0.3) is 5.78 Å². The van der Waals surface area contributed by atoms with Gasteiger partial charge in [-0.2, -0.15) is 14.6 Å². The van der Waals surface area contributed by atoms with E-state index in [4.69, 9.17) is 0 Å². The average Bonchev–Trinajstić information content (AvgIpc) is 3.36. The zero-order valence-electron chi connectivity index (χ0n) is 18.1. The molecule has 1 aliphatic heterocycles. The van der Waals surface area contributed by atoms with Gasteiger partial charge < -0.3 is 20.1 Å². The van der Waals surface area contributed by atoms with Crippen molar-refractivity contribution in [3.8, 4) is 0 Å². The molecule has 0 aliphatic carbocycles. The molecule has 1 fully saturated rings. The van der Waals surface area contributed by atoms with Gasteiger partial charge in [-0.3, -0.25) is 9.59 Å². The second-order valence-electron chi connectivity index (χ2n) is 8.07. The van der Waals surface area contributed by atoms with E-state index in [1.165, 1.54) is 13.3 Å². The Hall–Kier alpha value is -3.43. The number of aromatic nitrogens is 5. The number of piperidine rings is 1. The van der Waals surface area contributed by atoms with Crippen LogP contribution in [0.3, 0.4) is 0 Å². The fraction of sp³-hybridized carbons (Fsp3) is 0.476. The Labute approximate surface area is 180 Å². The van der Waals surface area contributed by atoms with Crippen molar-refractivity contribution in [1.29, 1.82) is 0 Å². The van der Waals surface area contributed by atoms with Gasteiger partial charge >= 0.3 is 0 Å². The summed E-state index contributed by atoms with van der Waals surface area (Å²) in [6, 6.07) is 5.36. The molecule has 1 aliphatic rings. The van der Waals surface area contributed by atoms with Gasteiger partial charge in [0.05, 0.1) is 0 Å². The minimum atomic E-state index is -0.596. The van der Waals surface area contributed by atoms with Crippen LogP contribution in [-0.4, -0.2) is 61.1 Å². The Morgan fingerprint density at radius 3 is 2.74 bits per heavy atom. The molecule has 3 aromatic heterocycles. The average molecular weight is 425 g/mol. The number of amides is 2. The molecule has 0 aromatic carbocycles. The fourth-order valence-corrected chi connectivity index (χ4v) is 4.06. The summed E-state index contributed by atoms with van der Waals surface area (Å²) < 4.78 is 3.71. The highest BCUT2D eigenvalue weighted by molar-refractivity contribution is 5.87. The van der Waals surface area contributed by atoms with Crippen molar-refractivity contribution in [3.05, 3.63) is 42.1 Å². The highest BCUT2D eigenvalue weighted by Crippen LogP contribution is 2.21. The predicted octanol–water partition coefficient (Wildman–Crippen LogP) is 0.604. The predicted molar refractivity (Wildman–Crippen MR) is 116 cm³/mol. The van der Waals surface area contributed by atoms with Crippen molar-refractivity contribution < 1.29 is 9.59 Å². The minimum absolute atomic E-state index is 0.0580. The highest BCUT2D eigenvalue weighted by atomic mass is 16.2. The summed E-state index contributed by atoms with van der Waals surface area (Å²) >= 11 is 0. The largest absolute Gasteiger partial charge is 0.356 e. The lowest BCUT2D eigenvalue weighted by atomic mass is 10.0. The van der Waals surface area contributed by atoms with E-state index in [1.54, 1.807) is 4.52 Å². The van der Waals surface area contributed by atoms with Gasteiger partial charge in [-0.1, -0.05) is 0 Å². The minimum Gasteiger partial charge on any atom is -0.356 e. The van der Waals surface area contributed by atoms with E-state index in [2.05, 4.69) is 30.6 Å². The van der Waals surface area contributed by atoms with Gasteiger partial charge in [0, 0.05) is 63.2 Å². The number of fused-ring (bicyclic) bond motifs is 1. The molecular weight excluding hydrogens is 396 g/mol. The van der Waals surface area contributed by atoms with Crippen LogP contribution in [0.15, 0.2) is 30.7 Å². The summed E-state index contributed by atoms with van der Waals surface area (Å²) in [4.78, 5) is 35.4. The molecule has 2 N–H and O–H groups in total. The summed E-state index contributed by atoms with van der Waals surface area (Å²) in [6.45, 7) is 4.95. The van der Waals surface area contributed by atoms with Gasteiger partial charge in [0.25, 0.3) is 5.78 Å². The number of nitrogens with one attached hydrogen (secondary N) is 2. The molecule has 2 amide bonds. The van der Waals surface area contributed by atoms with Crippen LogP contribution in [0.5, 0.6) is 0 Å². The van der Waals surface area contributed by atoms with Crippen molar-refractivity contribution in [2.24, 2.45) is 7.05 Å². The Kier molecular flexibility index (Phi) is 5.88. The van der Waals surface area contributed by atoms with Crippen LogP contribution in [-0.2, 0) is 23.1 Å². The van der Waals surface area contributed by atoms with E-state index >= 15 is 0 Å². The second kappa shape index (κ2) is 8.75. The van der Waals surface area contributed by atoms with E-state index < -0.39 is 6.04 Å². The van der Waals surface area contributed by atoms with Crippen LogP contribution in [0, 0.1) is 6.92 Å². The quantitative estimate of drug-likeness (QED) is 0.600. The van der Waals surface area contributed by atoms with Gasteiger partial charge in [0.15, 0.2) is 0 Å². The number of nitrogens with zero attached hydrogens (tertiary/aromatic N) is 6. The molecule has 1 unspecified atom stereocenters. The van der Waals surface area contributed by atoms with Crippen LogP contribution >= 0.6 is 0 Å². The smallest absolute Gasteiger partial charge is 0.254 e. The van der Waals surface area contributed by atoms with Crippen molar-refractivity contribution >= 4 is 23.4 Å².